The summed E-state index contributed by atoms with van der Waals surface area (Å²) >= 11 is 0.986. The highest BCUT2D eigenvalue weighted by Gasteiger charge is 2.30. The molecule has 1 atom stereocenters. The number of likely N-dealkylation sites (tertiary alicyclic amines) is 1. The molecule has 246 valence electrons. The normalized spacial score (nSPS) is 19.0. The maximum atomic E-state index is 13.0. The first-order valence-electron chi connectivity index (χ1n) is 15.1. The second-order valence-electron chi connectivity index (χ2n) is 12.2. The maximum absolute atomic E-state index is 13.0. The Morgan fingerprint density at radius 1 is 1.20 bits per heavy atom. The molecule has 0 radical (unpaired) electrons. The minimum Gasteiger partial charge on any atom is -0.368 e. The predicted octanol–water partition coefficient (Wildman–Crippen LogP) is 4.17. The Morgan fingerprint density at radius 2 is 1.96 bits per heavy atom. The third-order valence-corrected chi connectivity index (χ3v) is 11.2. The number of nitrogens with one attached hydrogen (secondary N) is 2. The first-order chi connectivity index (χ1) is 21.8. The van der Waals surface area contributed by atoms with Gasteiger partial charge >= 0.3 is 6.18 Å². The van der Waals surface area contributed by atoms with Crippen molar-refractivity contribution < 1.29 is 21.6 Å². The Morgan fingerprint density at radius 3 is 2.65 bits per heavy atom. The standard InChI is InChI=1S/C30H36F3N9O2S2/c1-18(41-10-7-36-46(43,44)17-41)15-42-22(14-34)11-24-19(2)20(3-4-26(24)42)16-40-8-5-21(6-9-40)37-27-25-12-23(13-30(31,32)33)45-28(25)39-29(35)38-27/h3-4,11-12,18,21,36H,5-10,13,15-17H2,1-2H3,(H3,35,37,38,39)/t18-/m0/s1. The average molecular weight is 676 g/mol. The number of alkyl halides is 3. The molecule has 2 saturated heterocycles. The predicted molar refractivity (Wildman–Crippen MR) is 173 cm³/mol. The first kappa shape index (κ1) is 32.5. The Hall–Kier alpha value is -3.49. The van der Waals surface area contributed by atoms with Crippen LogP contribution in [0.25, 0.3) is 21.1 Å². The van der Waals surface area contributed by atoms with Gasteiger partial charge in [-0.1, -0.05) is 6.07 Å². The average Bonchev–Trinajstić information content (AvgIpc) is 3.54. The molecule has 2 fully saturated rings. The van der Waals surface area contributed by atoms with Gasteiger partial charge in [-0.2, -0.15) is 23.4 Å². The number of hydrogen-bond donors (Lipinski definition) is 3. The fourth-order valence-corrected chi connectivity index (χ4v) is 8.81. The zero-order chi connectivity index (χ0) is 32.8. The Balaban J connectivity index is 1.12. The Kier molecular flexibility index (Phi) is 8.89. The molecular weight excluding hydrogens is 640 g/mol. The van der Waals surface area contributed by atoms with Crippen molar-refractivity contribution in [2.45, 2.75) is 64.5 Å². The highest BCUT2D eigenvalue weighted by atomic mass is 32.2. The molecule has 0 amide bonds. The van der Waals surface area contributed by atoms with E-state index in [9.17, 15) is 26.9 Å². The summed E-state index contributed by atoms with van der Waals surface area (Å²) in [6, 6.07) is 9.91. The van der Waals surface area contributed by atoms with Gasteiger partial charge in [0.25, 0.3) is 0 Å². The van der Waals surface area contributed by atoms with Gasteiger partial charge in [0.05, 0.1) is 11.8 Å². The van der Waals surface area contributed by atoms with Crippen LogP contribution in [0.2, 0.25) is 0 Å². The molecule has 0 bridgehead atoms. The summed E-state index contributed by atoms with van der Waals surface area (Å²) in [5.41, 5.74) is 9.66. The number of anilines is 2. The lowest BCUT2D eigenvalue weighted by atomic mass is 10.0. The van der Waals surface area contributed by atoms with Crippen LogP contribution >= 0.6 is 11.3 Å². The van der Waals surface area contributed by atoms with E-state index in [0.29, 0.717) is 41.4 Å². The molecule has 0 spiro atoms. The van der Waals surface area contributed by atoms with Crippen LogP contribution < -0.4 is 15.8 Å². The molecule has 16 heteroatoms. The van der Waals surface area contributed by atoms with Gasteiger partial charge in [-0.05, 0) is 56.0 Å². The molecule has 0 aliphatic carbocycles. The first-order valence-corrected chi connectivity index (χ1v) is 17.6. The van der Waals surface area contributed by atoms with Gasteiger partial charge in [0.1, 0.15) is 28.3 Å². The van der Waals surface area contributed by atoms with Crippen LogP contribution in [-0.2, 0) is 29.5 Å². The number of nitrogens with zero attached hydrogens (tertiary/aromatic N) is 6. The number of rotatable bonds is 8. The number of sulfonamides is 1. The van der Waals surface area contributed by atoms with Crippen molar-refractivity contribution in [3.8, 4) is 6.07 Å². The summed E-state index contributed by atoms with van der Waals surface area (Å²) in [6.45, 7) is 7.93. The zero-order valence-corrected chi connectivity index (χ0v) is 27.2. The molecule has 11 nitrogen and oxygen atoms in total. The number of nitrogen functional groups attached to an aromatic ring is 1. The number of nitriles is 1. The zero-order valence-electron chi connectivity index (χ0n) is 25.6. The Labute approximate surface area is 269 Å². The van der Waals surface area contributed by atoms with E-state index in [4.69, 9.17) is 5.73 Å². The van der Waals surface area contributed by atoms with Gasteiger partial charge in [-0.25, -0.2) is 18.1 Å². The van der Waals surface area contributed by atoms with Crippen molar-refractivity contribution >= 4 is 54.2 Å². The van der Waals surface area contributed by atoms with Crippen molar-refractivity contribution in [2.24, 2.45) is 0 Å². The number of nitrogens with two attached hydrogens (primary N) is 1. The van der Waals surface area contributed by atoms with Crippen LogP contribution in [-0.4, -0.2) is 83.1 Å². The van der Waals surface area contributed by atoms with E-state index < -0.39 is 22.6 Å². The summed E-state index contributed by atoms with van der Waals surface area (Å²) < 4.78 is 67.6. The summed E-state index contributed by atoms with van der Waals surface area (Å²) in [4.78, 5) is 13.4. The van der Waals surface area contributed by atoms with E-state index in [0.717, 1.165) is 60.3 Å². The topological polar surface area (TPSA) is 145 Å². The quantitative estimate of drug-likeness (QED) is 0.251. The number of piperidine rings is 1. The third kappa shape index (κ3) is 7.08. The van der Waals surface area contributed by atoms with Crippen LogP contribution in [0.15, 0.2) is 24.3 Å². The van der Waals surface area contributed by atoms with Crippen LogP contribution in [0, 0.1) is 18.3 Å². The number of aromatic nitrogens is 3. The highest BCUT2D eigenvalue weighted by Crippen LogP contribution is 2.34. The van der Waals surface area contributed by atoms with E-state index in [2.05, 4.69) is 44.0 Å². The summed E-state index contributed by atoms with van der Waals surface area (Å²) in [5.74, 6) is 0.440. The van der Waals surface area contributed by atoms with Crippen LogP contribution in [0.4, 0.5) is 24.9 Å². The van der Waals surface area contributed by atoms with E-state index >= 15 is 0 Å². The van der Waals surface area contributed by atoms with Crippen LogP contribution in [0.3, 0.4) is 0 Å². The van der Waals surface area contributed by atoms with Gasteiger partial charge in [0.2, 0.25) is 16.0 Å². The molecule has 5 heterocycles. The van der Waals surface area contributed by atoms with E-state index in [1.165, 1.54) is 11.6 Å². The highest BCUT2D eigenvalue weighted by molar-refractivity contribution is 7.89. The van der Waals surface area contributed by atoms with Crippen molar-refractivity contribution in [3.63, 3.8) is 0 Å². The fraction of sp³-hybridized carbons (Fsp3) is 0.500. The number of aryl methyl sites for hydroxylation is 1. The molecule has 4 aromatic rings. The molecule has 0 unspecified atom stereocenters. The minimum atomic E-state index is -4.30. The molecule has 2 aliphatic heterocycles. The van der Waals surface area contributed by atoms with E-state index in [-0.39, 0.29) is 28.8 Å². The maximum Gasteiger partial charge on any atom is 0.393 e. The molecule has 4 N–H and O–H groups in total. The molecule has 1 aromatic carbocycles. The molecule has 3 aromatic heterocycles. The largest absolute Gasteiger partial charge is 0.393 e. The molecule has 46 heavy (non-hydrogen) atoms. The smallest absolute Gasteiger partial charge is 0.368 e. The molecular formula is C30H36F3N9O2S2. The lowest BCUT2D eigenvalue weighted by Crippen LogP contribution is -2.51. The van der Waals surface area contributed by atoms with Gasteiger partial charge < -0.3 is 15.6 Å². The summed E-state index contributed by atoms with van der Waals surface area (Å²) in [5, 5.41) is 14.9. The second-order valence-corrected chi connectivity index (χ2v) is 15.1. The van der Waals surface area contributed by atoms with E-state index in [1.807, 2.05) is 28.5 Å². The molecule has 6 rings (SSSR count). The van der Waals surface area contributed by atoms with Crippen molar-refractivity contribution in [3.05, 3.63) is 46.0 Å². The number of fused-ring (bicyclic) bond motifs is 2. The van der Waals surface area contributed by atoms with E-state index in [1.54, 1.807) is 0 Å². The third-order valence-electron chi connectivity index (χ3n) is 8.87. The molecule has 2 aliphatic rings. The number of thiophene rings is 1. The van der Waals surface area contributed by atoms with Crippen molar-refractivity contribution in [2.75, 3.05) is 43.1 Å². The fourth-order valence-electron chi connectivity index (χ4n) is 6.43. The van der Waals surface area contributed by atoms with Crippen LogP contribution in [0.5, 0.6) is 0 Å². The van der Waals surface area contributed by atoms with Crippen molar-refractivity contribution in [1.82, 2.24) is 29.1 Å². The SMILES string of the molecule is Cc1c(CN2CCC(Nc3nc(N)nc4sc(CC(F)(F)F)cc34)CC2)ccc2c1cc(C#N)n2C[C@H](C)N1CCNS(=O)(=O)C1. The second kappa shape index (κ2) is 12.6. The summed E-state index contributed by atoms with van der Waals surface area (Å²) in [6.07, 6.45) is -3.68. The van der Waals surface area contributed by atoms with Gasteiger partial charge in [0.15, 0.2) is 0 Å². The number of hydrogen-bond acceptors (Lipinski definition) is 10. The van der Waals surface area contributed by atoms with Gasteiger partial charge in [-0.15, -0.1) is 11.3 Å². The minimum absolute atomic E-state index is 0.0262. The lowest BCUT2D eigenvalue weighted by molar-refractivity contribution is -0.126. The summed E-state index contributed by atoms with van der Waals surface area (Å²) in [7, 11) is -3.33. The Bertz CT molecular complexity index is 1910. The lowest BCUT2D eigenvalue weighted by Gasteiger charge is -2.33. The molecule has 0 saturated carbocycles. The monoisotopic (exact) mass is 675 g/mol. The number of benzene rings is 1. The van der Waals surface area contributed by atoms with Crippen LogP contribution in [0.1, 0.15) is 41.5 Å². The van der Waals surface area contributed by atoms with Gasteiger partial charge in [-0.3, -0.25) is 9.80 Å². The van der Waals surface area contributed by atoms with Crippen molar-refractivity contribution in [1.29, 1.82) is 5.26 Å². The van der Waals surface area contributed by atoms with Gasteiger partial charge in [0, 0.05) is 67.1 Å². The number of halogens is 3.